The van der Waals surface area contributed by atoms with Crippen molar-refractivity contribution >= 4 is 39.5 Å². The second kappa shape index (κ2) is 73.8. The van der Waals surface area contributed by atoms with Gasteiger partial charge in [-0.05, 0) is 49.4 Å². The molecule has 618 valence electrons. The Morgan fingerprint density at radius 1 is 0.240 bits per heavy atom. The van der Waals surface area contributed by atoms with E-state index in [1.165, 1.54) is 238 Å². The zero-order valence-electron chi connectivity index (χ0n) is 68.7. The molecule has 5 atom stereocenters. The number of phosphoric acid groups is 2. The maximum Gasteiger partial charge on any atom is 0.472 e. The van der Waals surface area contributed by atoms with Gasteiger partial charge in [0.2, 0.25) is 0 Å². The number of carbonyl (C=O) groups excluding carboxylic acids is 4. The standard InChI is InChI=1S/C85H166O17P2/c1-75(2)61-53-45-37-30-24-18-13-11-9-10-12-14-21-27-33-41-49-57-65-82(87)95-71-80(101-84(89)67-59-51-42-34-28-22-16-15-19-25-31-38-46-54-62-76(3)4)73-99-103(91,92)97-69-79(86)70-98-104(93,94)100-74-81(72-96-83(88)66-58-50-44-36-40-48-56-64-78(7)8)102-85(90)68-60-52-43-35-29-23-17-20-26-32-39-47-55-63-77(5)6/h75-81,86H,9-74H2,1-8H3,(H,91,92)(H,93,94)/t79?,80-,81-/m1/s1. The molecule has 0 saturated carbocycles. The van der Waals surface area contributed by atoms with Crippen LogP contribution in [0.5, 0.6) is 0 Å². The monoisotopic (exact) mass is 1520 g/mol. The molecule has 0 aromatic carbocycles. The van der Waals surface area contributed by atoms with Crippen LogP contribution in [0.15, 0.2) is 0 Å². The number of hydrogen-bond donors (Lipinski definition) is 3. The molecule has 0 heterocycles. The number of ether oxygens (including phenoxy) is 4. The maximum absolute atomic E-state index is 13.1. The Kier molecular flexibility index (Phi) is 72.5. The molecule has 17 nitrogen and oxygen atoms in total. The highest BCUT2D eigenvalue weighted by molar-refractivity contribution is 7.47. The lowest BCUT2D eigenvalue weighted by molar-refractivity contribution is -0.161. The van der Waals surface area contributed by atoms with Crippen LogP contribution in [0.4, 0.5) is 0 Å². The van der Waals surface area contributed by atoms with E-state index in [-0.39, 0.29) is 25.7 Å². The topological polar surface area (TPSA) is 237 Å². The molecule has 0 aromatic heterocycles. The summed E-state index contributed by atoms with van der Waals surface area (Å²) in [5.74, 6) is 1.00. The predicted molar refractivity (Wildman–Crippen MR) is 428 cm³/mol. The van der Waals surface area contributed by atoms with Gasteiger partial charge in [0.25, 0.3) is 0 Å². The van der Waals surface area contributed by atoms with E-state index in [1.807, 2.05) is 0 Å². The molecule has 3 N–H and O–H groups in total. The van der Waals surface area contributed by atoms with E-state index in [9.17, 15) is 43.2 Å². The van der Waals surface area contributed by atoms with Crippen LogP contribution in [0.25, 0.3) is 0 Å². The minimum Gasteiger partial charge on any atom is -0.462 e. The fourth-order valence-electron chi connectivity index (χ4n) is 13.1. The highest BCUT2D eigenvalue weighted by atomic mass is 31.2. The zero-order chi connectivity index (χ0) is 76.7. The average Bonchev–Trinajstić information content (AvgIpc) is 0.910. The number of unbranched alkanes of at least 4 members (excludes halogenated alkanes) is 48. The minimum atomic E-state index is -4.97. The van der Waals surface area contributed by atoms with Gasteiger partial charge in [0.15, 0.2) is 12.2 Å². The summed E-state index contributed by atoms with van der Waals surface area (Å²) in [4.78, 5) is 73.2. The number of phosphoric ester groups is 2. The third kappa shape index (κ3) is 78.2. The Labute approximate surface area is 638 Å². The lowest BCUT2D eigenvalue weighted by atomic mass is 10.0. The molecule has 104 heavy (non-hydrogen) atoms. The molecule has 0 rings (SSSR count). The molecule has 0 spiro atoms. The molecule has 19 heteroatoms. The quantitative estimate of drug-likeness (QED) is 0.0222. The molecule has 0 aliphatic rings. The minimum absolute atomic E-state index is 0.106. The summed E-state index contributed by atoms with van der Waals surface area (Å²) in [7, 11) is -9.93. The Morgan fingerprint density at radius 3 is 0.596 bits per heavy atom. The summed E-state index contributed by atoms with van der Waals surface area (Å²) in [6, 6.07) is 0. The second-order valence-corrected chi connectivity index (χ2v) is 35.4. The number of hydrogen-bond acceptors (Lipinski definition) is 15. The van der Waals surface area contributed by atoms with Crippen LogP contribution in [0.1, 0.15) is 441 Å². The summed E-state index contributed by atoms with van der Waals surface area (Å²) in [6.07, 6.45) is 62.6. The average molecular weight is 1520 g/mol. The first kappa shape index (κ1) is 102. The second-order valence-electron chi connectivity index (χ2n) is 32.5. The molecule has 0 saturated heterocycles. The van der Waals surface area contributed by atoms with Gasteiger partial charge in [-0.15, -0.1) is 0 Å². The van der Waals surface area contributed by atoms with Gasteiger partial charge in [-0.3, -0.25) is 37.3 Å². The van der Waals surface area contributed by atoms with E-state index in [4.69, 9.17) is 37.0 Å². The van der Waals surface area contributed by atoms with Crippen LogP contribution in [0.3, 0.4) is 0 Å². The van der Waals surface area contributed by atoms with Crippen molar-refractivity contribution in [1.82, 2.24) is 0 Å². The van der Waals surface area contributed by atoms with Crippen molar-refractivity contribution < 1.29 is 80.2 Å². The van der Waals surface area contributed by atoms with Crippen LogP contribution < -0.4 is 0 Å². The zero-order valence-corrected chi connectivity index (χ0v) is 70.5. The molecule has 0 aromatic rings. The van der Waals surface area contributed by atoms with Crippen LogP contribution in [-0.4, -0.2) is 96.7 Å². The summed E-state index contributed by atoms with van der Waals surface area (Å²) >= 11 is 0. The highest BCUT2D eigenvalue weighted by Crippen LogP contribution is 2.45. The Balaban J connectivity index is 5.22. The van der Waals surface area contributed by atoms with Crippen LogP contribution in [0.2, 0.25) is 0 Å². The first-order valence-corrected chi connectivity index (χ1v) is 46.7. The summed E-state index contributed by atoms with van der Waals surface area (Å²) in [6.45, 7) is 14.3. The fourth-order valence-corrected chi connectivity index (χ4v) is 14.7. The number of aliphatic hydroxyl groups excluding tert-OH is 1. The molecule has 0 bridgehead atoms. The predicted octanol–water partition coefficient (Wildman–Crippen LogP) is 25.6. The maximum atomic E-state index is 13.1. The molecular weight excluding hydrogens is 1350 g/mol. The molecule has 3 unspecified atom stereocenters. The van der Waals surface area contributed by atoms with Gasteiger partial charge in [0.05, 0.1) is 26.4 Å². The van der Waals surface area contributed by atoms with E-state index < -0.39 is 97.5 Å². The SMILES string of the molecule is CC(C)CCCCCCCCCCCCCCCCCCCCC(=O)OC[C@H](COP(=O)(O)OCC(O)COP(=O)(O)OC[C@@H](COC(=O)CCCCCCCCCC(C)C)OC(=O)CCCCCCCCCCCCCCCC(C)C)OC(=O)CCCCCCCCCCCCCCCCC(C)C. The molecular formula is C85H166O17P2. The van der Waals surface area contributed by atoms with Gasteiger partial charge >= 0.3 is 39.5 Å². The largest absolute Gasteiger partial charge is 0.472 e. The number of rotatable bonds is 82. The van der Waals surface area contributed by atoms with Gasteiger partial charge in [0, 0.05) is 25.7 Å². The van der Waals surface area contributed by atoms with E-state index in [0.717, 1.165) is 114 Å². The molecule has 0 aliphatic carbocycles. The van der Waals surface area contributed by atoms with Crippen molar-refractivity contribution in [3.8, 4) is 0 Å². The van der Waals surface area contributed by atoms with Gasteiger partial charge < -0.3 is 33.8 Å². The molecule has 0 amide bonds. The Bertz CT molecular complexity index is 2020. The van der Waals surface area contributed by atoms with Crippen LogP contribution in [0, 0.1) is 23.7 Å². The summed E-state index contributed by atoms with van der Waals surface area (Å²) in [5, 5.41) is 10.7. The van der Waals surface area contributed by atoms with Gasteiger partial charge in [-0.25, -0.2) is 9.13 Å². The first-order valence-electron chi connectivity index (χ1n) is 43.7. The highest BCUT2D eigenvalue weighted by Gasteiger charge is 2.30. The van der Waals surface area contributed by atoms with Gasteiger partial charge in [-0.1, -0.05) is 389 Å². The first-order chi connectivity index (χ1) is 50.1. The smallest absolute Gasteiger partial charge is 0.462 e. The van der Waals surface area contributed by atoms with Crippen molar-refractivity contribution in [2.75, 3.05) is 39.6 Å². The molecule has 0 fully saturated rings. The lowest BCUT2D eigenvalue weighted by Crippen LogP contribution is -2.30. The van der Waals surface area contributed by atoms with Crippen molar-refractivity contribution in [3.05, 3.63) is 0 Å². The number of aliphatic hydroxyl groups is 1. The van der Waals surface area contributed by atoms with Crippen molar-refractivity contribution in [2.45, 2.75) is 459 Å². The van der Waals surface area contributed by atoms with Crippen LogP contribution >= 0.6 is 15.6 Å². The Morgan fingerprint density at radius 2 is 0.404 bits per heavy atom. The van der Waals surface area contributed by atoms with E-state index in [0.29, 0.717) is 31.6 Å². The van der Waals surface area contributed by atoms with Gasteiger partial charge in [-0.2, -0.15) is 0 Å². The normalized spacial score (nSPS) is 14.0. The van der Waals surface area contributed by atoms with Crippen LogP contribution in [-0.2, 0) is 65.4 Å². The van der Waals surface area contributed by atoms with E-state index in [1.54, 1.807) is 0 Å². The van der Waals surface area contributed by atoms with Crippen molar-refractivity contribution in [1.29, 1.82) is 0 Å². The Hall–Kier alpha value is -1.94. The third-order valence-corrected chi connectivity index (χ3v) is 21.7. The molecule has 0 aliphatic heterocycles. The van der Waals surface area contributed by atoms with Gasteiger partial charge in [0.1, 0.15) is 19.3 Å². The van der Waals surface area contributed by atoms with Crippen molar-refractivity contribution in [3.63, 3.8) is 0 Å². The van der Waals surface area contributed by atoms with Crippen molar-refractivity contribution in [2.24, 2.45) is 23.7 Å². The van der Waals surface area contributed by atoms with E-state index in [2.05, 4.69) is 55.4 Å². The molecule has 0 radical (unpaired) electrons. The lowest BCUT2D eigenvalue weighted by Gasteiger charge is -2.21. The summed E-state index contributed by atoms with van der Waals surface area (Å²) < 4.78 is 68.8. The fraction of sp³-hybridized carbons (Fsp3) is 0.953. The van der Waals surface area contributed by atoms with E-state index >= 15 is 0 Å². The number of esters is 4. The number of carbonyl (C=O) groups is 4. The summed E-state index contributed by atoms with van der Waals surface area (Å²) in [5.41, 5.74) is 0. The third-order valence-electron chi connectivity index (χ3n) is 19.8.